The quantitative estimate of drug-likeness (QED) is 0.775. The van der Waals surface area contributed by atoms with E-state index in [0.717, 1.165) is 12.8 Å². The lowest BCUT2D eigenvalue weighted by atomic mass is 9.54. The Kier molecular flexibility index (Phi) is 3.91. The summed E-state index contributed by atoms with van der Waals surface area (Å²) in [6.45, 7) is 6.64. The molecule has 1 amide bonds. The van der Waals surface area contributed by atoms with Gasteiger partial charge in [-0.3, -0.25) is 4.79 Å². The van der Waals surface area contributed by atoms with Crippen molar-refractivity contribution in [1.29, 1.82) is 0 Å². The Hall–Kier alpha value is -0.650. The first kappa shape index (κ1) is 14.8. The highest BCUT2D eigenvalue weighted by Gasteiger charge is 2.63. The zero-order valence-electron chi connectivity index (χ0n) is 12.4. The van der Waals surface area contributed by atoms with Crippen molar-refractivity contribution in [3.63, 3.8) is 0 Å². The van der Waals surface area contributed by atoms with Gasteiger partial charge in [-0.05, 0) is 19.8 Å². The van der Waals surface area contributed by atoms with Crippen LogP contribution in [0.1, 0.15) is 40.0 Å². The molecule has 2 fully saturated rings. The molecule has 0 heterocycles. The largest absolute Gasteiger partial charge is 0.381 e. The molecular formula is C14H26N2O3. The third-order valence-electron chi connectivity index (χ3n) is 5.00. The Labute approximate surface area is 115 Å². The van der Waals surface area contributed by atoms with Gasteiger partial charge in [0.05, 0.1) is 12.2 Å². The maximum atomic E-state index is 12.4. The first-order chi connectivity index (χ1) is 8.85. The summed E-state index contributed by atoms with van der Waals surface area (Å²) in [6, 6.07) is 0.208. The lowest BCUT2D eigenvalue weighted by Crippen LogP contribution is -2.76. The summed E-state index contributed by atoms with van der Waals surface area (Å²) < 4.78 is 10.8. The van der Waals surface area contributed by atoms with E-state index in [0.29, 0.717) is 13.0 Å². The Morgan fingerprint density at radius 3 is 2.53 bits per heavy atom. The van der Waals surface area contributed by atoms with Crippen molar-refractivity contribution in [2.75, 3.05) is 13.7 Å². The number of hydrogen-bond donors (Lipinski definition) is 2. The minimum absolute atomic E-state index is 0.0481. The molecule has 2 unspecified atom stereocenters. The first-order valence-corrected chi connectivity index (χ1v) is 7.09. The Bertz CT molecular complexity index is 353. The van der Waals surface area contributed by atoms with Gasteiger partial charge in [0.15, 0.2) is 0 Å². The molecule has 0 radical (unpaired) electrons. The summed E-state index contributed by atoms with van der Waals surface area (Å²) >= 11 is 0. The average molecular weight is 270 g/mol. The average Bonchev–Trinajstić information content (AvgIpc) is 2.32. The third kappa shape index (κ3) is 2.28. The molecule has 5 heteroatoms. The van der Waals surface area contributed by atoms with E-state index in [4.69, 9.17) is 15.2 Å². The number of hydrogen-bond acceptors (Lipinski definition) is 4. The molecule has 0 aromatic heterocycles. The molecule has 0 aliphatic heterocycles. The summed E-state index contributed by atoms with van der Waals surface area (Å²) in [5, 5.41) is 3.04. The maximum absolute atomic E-state index is 12.4. The fourth-order valence-corrected chi connectivity index (χ4v) is 3.01. The lowest BCUT2D eigenvalue weighted by molar-refractivity contribution is -0.172. The second kappa shape index (κ2) is 5.04. The fourth-order valence-electron chi connectivity index (χ4n) is 3.01. The lowest BCUT2D eigenvalue weighted by Gasteiger charge is -2.58. The van der Waals surface area contributed by atoms with Gasteiger partial charge in [-0.2, -0.15) is 0 Å². The van der Waals surface area contributed by atoms with Gasteiger partial charge in [0, 0.05) is 31.6 Å². The number of ether oxygens (including phenoxy) is 2. The number of nitrogens with one attached hydrogen (secondary N) is 1. The molecule has 0 bridgehead atoms. The zero-order valence-corrected chi connectivity index (χ0v) is 12.4. The third-order valence-corrected chi connectivity index (χ3v) is 5.00. The van der Waals surface area contributed by atoms with Crippen LogP contribution in [0.25, 0.3) is 0 Å². The second-order valence-electron chi connectivity index (χ2n) is 6.34. The molecule has 0 aromatic rings. The number of nitrogens with two attached hydrogens (primary N) is 1. The second-order valence-corrected chi connectivity index (χ2v) is 6.34. The van der Waals surface area contributed by atoms with Crippen LogP contribution in [0.2, 0.25) is 0 Å². The highest BCUT2D eigenvalue weighted by molar-refractivity contribution is 5.89. The number of carbonyl (C=O) groups excluding carboxylic acids is 1. The molecular weight excluding hydrogens is 244 g/mol. The molecule has 2 rings (SSSR count). The maximum Gasteiger partial charge on any atom is 0.241 e. The SMILES string of the molecule is CCOC1CC(N)(C(=O)NC2CC(OC)C2)C1(C)C. The molecule has 110 valence electrons. The molecule has 2 aliphatic carbocycles. The molecule has 0 aromatic carbocycles. The highest BCUT2D eigenvalue weighted by atomic mass is 16.5. The van der Waals surface area contributed by atoms with Crippen LogP contribution in [0.15, 0.2) is 0 Å². The first-order valence-electron chi connectivity index (χ1n) is 7.09. The van der Waals surface area contributed by atoms with Crippen molar-refractivity contribution < 1.29 is 14.3 Å². The minimum Gasteiger partial charge on any atom is -0.381 e. The monoisotopic (exact) mass is 270 g/mol. The molecule has 5 nitrogen and oxygen atoms in total. The minimum atomic E-state index is -0.814. The van der Waals surface area contributed by atoms with Gasteiger partial charge in [0.2, 0.25) is 5.91 Å². The van der Waals surface area contributed by atoms with Crippen molar-refractivity contribution in [3.8, 4) is 0 Å². The van der Waals surface area contributed by atoms with Crippen LogP contribution in [-0.2, 0) is 14.3 Å². The van der Waals surface area contributed by atoms with Gasteiger partial charge in [0.1, 0.15) is 5.54 Å². The van der Waals surface area contributed by atoms with Crippen LogP contribution < -0.4 is 11.1 Å². The zero-order chi connectivity index (χ0) is 14.3. The summed E-state index contributed by atoms with van der Waals surface area (Å²) in [5.74, 6) is -0.0481. The van der Waals surface area contributed by atoms with Gasteiger partial charge < -0.3 is 20.5 Å². The van der Waals surface area contributed by atoms with Crippen molar-refractivity contribution in [2.45, 2.75) is 63.8 Å². The molecule has 0 saturated heterocycles. The molecule has 2 atom stereocenters. The molecule has 0 spiro atoms. The van der Waals surface area contributed by atoms with E-state index in [1.54, 1.807) is 7.11 Å². The van der Waals surface area contributed by atoms with Crippen LogP contribution in [0.3, 0.4) is 0 Å². The van der Waals surface area contributed by atoms with Crippen molar-refractivity contribution >= 4 is 5.91 Å². The van der Waals surface area contributed by atoms with E-state index in [9.17, 15) is 4.79 Å². The topological polar surface area (TPSA) is 73.6 Å². The van der Waals surface area contributed by atoms with Crippen molar-refractivity contribution in [3.05, 3.63) is 0 Å². The van der Waals surface area contributed by atoms with Gasteiger partial charge in [-0.15, -0.1) is 0 Å². The predicted molar refractivity (Wildman–Crippen MR) is 72.7 cm³/mol. The van der Waals surface area contributed by atoms with Crippen LogP contribution >= 0.6 is 0 Å². The van der Waals surface area contributed by atoms with Crippen molar-refractivity contribution in [1.82, 2.24) is 5.32 Å². The van der Waals surface area contributed by atoms with Crippen LogP contribution in [0.4, 0.5) is 0 Å². The molecule has 19 heavy (non-hydrogen) atoms. The normalized spacial score (nSPS) is 40.2. The van der Waals surface area contributed by atoms with Crippen LogP contribution in [0.5, 0.6) is 0 Å². The summed E-state index contributed by atoms with van der Waals surface area (Å²) in [6.07, 6.45) is 2.72. The van der Waals surface area contributed by atoms with E-state index in [-0.39, 0.29) is 29.6 Å². The molecule has 3 N–H and O–H groups in total. The van der Waals surface area contributed by atoms with E-state index in [1.165, 1.54) is 0 Å². The molecule has 2 saturated carbocycles. The number of methoxy groups -OCH3 is 1. The summed E-state index contributed by atoms with van der Waals surface area (Å²) in [4.78, 5) is 12.4. The Balaban J connectivity index is 1.89. The number of rotatable bonds is 5. The highest BCUT2D eigenvalue weighted by Crippen LogP contribution is 2.50. The van der Waals surface area contributed by atoms with E-state index >= 15 is 0 Å². The Morgan fingerprint density at radius 2 is 2.05 bits per heavy atom. The van der Waals surface area contributed by atoms with Crippen LogP contribution in [0, 0.1) is 5.41 Å². The van der Waals surface area contributed by atoms with E-state index in [2.05, 4.69) is 5.32 Å². The number of amides is 1. The van der Waals surface area contributed by atoms with Crippen LogP contribution in [-0.4, -0.2) is 43.4 Å². The van der Waals surface area contributed by atoms with E-state index in [1.807, 2.05) is 20.8 Å². The summed E-state index contributed by atoms with van der Waals surface area (Å²) in [5.41, 5.74) is 5.18. The van der Waals surface area contributed by atoms with Gasteiger partial charge in [-0.1, -0.05) is 13.8 Å². The Morgan fingerprint density at radius 1 is 1.42 bits per heavy atom. The summed E-state index contributed by atoms with van der Waals surface area (Å²) in [7, 11) is 1.70. The fraction of sp³-hybridized carbons (Fsp3) is 0.929. The van der Waals surface area contributed by atoms with E-state index < -0.39 is 5.54 Å². The standard InChI is InChI=1S/C14H26N2O3/c1-5-19-11-8-14(15,13(11,2)3)12(17)16-9-6-10(7-9)18-4/h9-11H,5-8,15H2,1-4H3,(H,16,17). The van der Waals surface area contributed by atoms with Gasteiger partial charge in [0.25, 0.3) is 0 Å². The van der Waals surface area contributed by atoms with Gasteiger partial charge >= 0.3 is 0 Å². The van der Waals surface area contributed by atoms with Gasteiger partial charge in [-0.25, -0.2) is 0 Å². The smallest absolute Gasteiger partial charge is 0.241 e. The predicted octanol–water partition coefficient (Wildman–Crippen LogP) is 0.813. The van der Waals surface area contributed by atoms with Crippen molar-refractivity contribution in [2.24, 2.45) is 11.1 Å². The molecule has 2 aliphatic rings. The number of carbonyl (C=O) groups is 1.